The topological polar surface area (TPSA) is 35.2 Å². The van der Waals surface area contributed by atoms with E-state index in [1.807, 2.05) is 0 Å². The summed E-state index contributed by atoms with van der Waals surface area (Å²) >= 11 is 0. The van der Waals surface area contributed by atoms with Crippen molar-refractivity contribution in [2.24, 2.45) is 11.7 Å². The molecule has 2 unspecified atom stereocenters. The van der Waals surface area contributed by atoms with Crippen LogP contribution >= 0.6 is 0 Å². The van der Waals surface area contributed by atoms with Crippen molar-refractivity contribution in [2.45, 2.75) is 32.2 Å². The summed E-state index contributed by atoms with van der Waals surface area (Å²) in [5.41, 5.74) is 8.85. The average molecular weight is 219 g/mol. The van der Waals surface area contributed by atoms with E-state index in [0.29, 0.717) is 5.92 Å². The van der Waals surface area contributed by atoms with E-state index in [4.69, 9.17) is 10.5 Å². The van der Waals surface area contributed by atoms with Gasteiger partial charge in [-0.05, 0) is 37.7 Å². The number of hydrogen-bond donors (Lipinski definition) is 1. The van der Waals surface area contributed by atoms with Crippen molar-refractivity contribution < 1.29 is 4.74 Å². The largest absolute Gasteiger partial charge is 0.381 e. The van der Waals surface area contributed by atoms with Crippen LogP contribution in [0.25, 0.3) is 0 Å². The number of hydrogen-bond acceptors (Lipinski definition) is 2. The zero-order valence-corrected chi connectivity index (χ0v) is 9.99. The number of aryl methyl sites for hydroxylation is 1. The summed E-state index contributed by atoms with van der Waals surface area (Å²) in [4.78, 5) is 0. The molecule has 0 aliphatic carbocycles. The highest BCUT2D eigenvalue weighted by Gasteiger charge is 2.18. The Labute approximate surface area is 97.8 Å². The molecule has 1 aromatic carbocycles. The van der Waals surface area contributed by atoms with Gasteiger partial charge in [-0.3, -0.25) is 0 Å². The molecule has 1 saturated heterocycles. The van der Waals surface area contributed by atoms with Crippen molar-refractivity contribution in [2.75, 3.05) is 13.2 Å². The molecule has 2 nitrogen and oxygen atoms in total. The molecule has 2 rings (SSSR count). The van der Waals surface area contributed by atoms with Gasteiger partial charge >= 0.3 is 0 Å². The van der Waals surface area contributed by atoms with Gasteiger partial charge in [0, 0.05) is 19.3 Å². The highest BCUT2D eigenvalue weighted by atomic mass is 16.5. The van der Waals surface area contributed by atoms with Gasteiger partial charge in [0.15, 0.2) is 0 Å². The Morgan fingerprint density at radius 3 is 3.06 bits per heavy atom. The fourth-order valence-electron chi connectivity index (χ4n) is 2.42. The molecule has 0 amide bonds. The van der Waals surface area contributed by atoms with Gasteiger partial charge in [0.1, 0.15) is 0 Å². The molecular weight excluding hydrogens is 198 g/mol. The van der Waals surface area contributed by atoms with Gasteiger partial charge in [-0.15, -0.1) is 0 Å². The highest BCUT2D eigenvalue weighted by molar-refractivity contribution is 5.22. The van der Waals surface area contributed by atoms with Gasteiger partial charge in [0.25, 0.3) is 0 Å². The molecule has 2 N–H and O–H groups in total. The Hall–Kier alpha value is -0.860. The van der Waals surface area contributed by atoms with Crippen molar-refractivity contribution in [1.82, 2.24) is 0 Å². The summed E-state index contributed by atoms with van der Waals surface area (Å²) in [6, 6.07) is 8.90. The maximum absolute atomic E-state index is 6.18. The molecule has 2 heteroatoms. The molecular formula is C14H21NO. The molecule has 1 aromatic rings. The van der Waals surface area contributed by atoms with E-state index in [1.54, 1.807) is 0 Å². The first-order chi connectivity index (χ1) is 7.74. The lowest BCUT2D eigenvalue weighted by atomic mass is 9.95. The molecule has 1 fully saturated rings. The smallest absolute Gasteiger partial charge is 0.0495 e. The van der Waals surface area contributed by atoms with Crippen molar-refractivity contribution in [3.8, 4) is 0 Å². The maximum Gasteiger partial charge on any atom is 0.0495 e. The minimum Gasteiger partial charge on any atom is -0.381 e. The van der Waals surface area contributed by atoms with Crippen LogP contribution < -0.4 is 5.73 Å². The standard InChI is InChI=1S/C14H21NO/c1-11-3-2-4-12(7-11)8-14(15)9-13-5-6-16-10-13/h2-4,7,13-14H,5-6,8-10,15H2,1H3. The third kappa shape index (κ3) is 3.32. The second kappa shape index (κ2) is 5.46. The van der Waals surface area contributed by atoms with Gasteiger partial charge in [-0.1, -0.05) is 29.8 Å². The van der Waals surface area contributed by atoms with Crippen LogP contribution in [0.4, 0.5) is 0 Å². The monoisotopic (exact) mass is 219 g/mol. The Balaban J connectivity index is 1.84. The highest BCUT2D eigenvalue weighted by Crippen LogP contribution is 2.19. The van der Waals surface area contributed by atoms with Gasteiger partial charge in [0.05, 0.1) is 0 Å². The van der Waals surface area contributed by atoms with Crippen LogP contribution in [0.3, 0.4) is 0 Å². The van der Waals surface area contributed by atoms with E-state index in [1.165, 1.54) is 17.5 Å². The second-order valence-corrected chi connectivity index (χ2v) is 4.92. The molecule has 0 spiro atoms. The van der Waals surface area contributed by atoms with Crippen LogP contribution in [0, 0.1) is 12.8 Å². The average Bonchev–Trinajstić information content (AvgIpc) is 2.70. The van der Waals surface area contributed by atoms with Crippen LogP contribution in [0.1, 0.15) is 24.0 Å². The second-order valence-electron chi connectivity index (χ2n) is 4.92. The molecule has 16 heavy (non-hydrogen) atoms. The van der Waals surface area contributed by atoms with Gasteiger partial charge < -0.3 is 10.5 Å². The predicted molar refractivity (Wildman–Crippen MR) is 66.4 cm³/mol. The quantitative estimate of drug-likeness (QED) is 0.843. The molecule has 1 aliphatic heterocycles. The number of benzene rings is 1. The number of nitrogens with two attached hydrogens (primary N) is 1. The number of ether oxygens (including phenoxy) is 1. The summed E-state index contributed by atoms with van der Waals surface area (Å²) in [7, 11) is 0. The molecule has 0 radical (unpaired) electrons. The zero-order valence-electron chi connectivity index (χ0n) is 9.99. The first-order valence-electron chi connectivity index (χ1n) is 6.13. The lowest BCUT2D eigenvalue weighted by molar-refractivity contribution is 0.182. The van der Waals surface area contributed by atoms with Gasteiger partial charge in [-0.2, -0.15) is 0 Å². The van der Waals surface area contributed by atoms with E-state index in [0.717, 1.165) is 26.1 Å². The van der Waals surface area contributed by atoms with Crippen molar-refractivity contribution in [1.29, 1.82) is 0 Å². The third-order valence-electron chi connectivity index (χ3n) is 3.24. The summed E-state index contributed by atoms with van der Waals surface area (Å²) in [6.07, 6.45) is 3.26. The summed E-state index contributed by atoms with van der Waals surface area (Å²) in [5.74, 6) is 0.680. The Morgan fingerprint density at radius 1 is 1.50 bits per heavy atom. The molecule has 2 atom stereocenters. The zero-order chi connectivity index (χ0) is 11.4. The maximum atomic E-state index is 6.18. The normalized spacial score (nSPS) is 22.2. The first kappa shape index (κ1) is 11.6. The lowest BCUT2D eigenvalue weighted by Gasteiger charge is -2.15. The Morgan fingerprint density at radius 2 is 2.38 bits per heavy atom. The minimum atomic E-state index is 0.272. The fourth-order valence-corrected chi connectivity index (χ4v) is 2.42. The number of rotatable bonds is 4. The lowest BCUT2D eigenvalue weighted by Crippen LogP contribution is -2.26. The van der Waals surface area contributed by atoms with E-state index >= 15 is 0 Å². The third-order valence-corrected chi connectivity index (χ3v) is 3.24. The fraction of sp³-hybridized carbons (Fsp3) is 0.571. The molecule has 0 saturated carbocycles. The van der Waals surface area contributed by atoms with E-state index in [9.17, 15) is 0 Å². The summed E-state index contributed by atoms with van der Waals surface area (Å²) in [5, 5.41) is 0. The van der Waals surface area contributed by atoms with E-state index in [2.05, 4.69) is 31.2 Å². The Kier molecular flexibility index (Phi) is 3.97. The van der Waals surface area contributed by atoms with Crippen LogP contribution in [0.15, 0.2) is 24.3 Å². The molecule has 0 bridgehead atoms. The van der Waals surface area contributed by atoms with Gasteiger partial charge in [0.2, 0.25) is 0 Å². The van der Waals surface area contributed by atoms with Crippen LogP contribution in [-0.2, 0) is 11.2 Å². The SMILES string of the molecule is Cc1cccc(CC(N)CC2CCOC2)c1. The minimum absolute atomic E-state index is 0.272. The Bertz CT molecular complexity index is 331. The van der Waals surface area contributed by atoms with E-state index in [-0.39, 0.29) is 6.04 Å². The van der Waals surface area contributed by atoms with Crippen molar-refractivity contribution in [3.05, 3.63) is 35.4 Å². The van der Waals surface area contributed by atoms with E-state index < -0.39 is 0 Å². The summed E-state index contributed by atoms with van der Waals surface area (Å²) in [6.45, 7) is 3.95. The molecule has 1 aliphatic rings. The van der Waals surface area contributed by atoms with Crippen LogP contribution in [0.5, 0.6) is 0 Å². The first-order valence-corrected chi connectivity index (χ1v) is 6.13. The summed E-state index contributed by atoms with van der Waals surface area (Å²) < 4.78 is 5.37. The predicted octanol–water partition coefficient (Wildman–Crippen LogP) is 2.29. The van der Waals surface area contributed by atoms with Crippen LogP contribution in [0.2, 0.25) is 0 Å². The molecule has 88 valence electrons. The van der Waals surface area contributed by atoms with Crippen LogP contribution in [-0.4, -0.2) is 19.3 Å². The molecule has 1 heterocycles. The van der Waals surface area contributed by atoms with Crippen molar-refractivity contribution >= 4 is 0 Å². The van der Waals surface area contributed by atoms with Gasteiger partial charge in [-0.25, -0.2) is 0 Å². The molecule has 0 aromatic heterocycles. The van der Waals surface area contributed by atoms with Crippen molar-refractivity contribution in [3.63, 3.8) is 0 Å².